The standard InChI is InChI=1S/C16H25N3/c1-6-10-18-15(17-5)19-12-16(3,4)14-9-7-8-13(2)11-14/h6-9,11H,1,10,12H2,2-5H3,(H2,17,18,19). The molecule has 0 saturated carbocycles. The summed E-state index contributed by atoms with van der Waals surface area (Å²) >= 11 is 0. The summed E-state index contributed by atoms with van der Waals surface area (Å²) in [6.45, 7) is 11.8. The second kappa shape index (κ2) is 6.98. The predicted molar refractivity (Wildman–Crippen MR) is 83.8 cm³/mol. The molecule has 0 aliphatic carbocycles. The zero-order chi connectivity index (χ0) is 14.3. The second-order valence-corrected chi connectivity index (χ2v) is 5.35. The lowest BCUT2D eigenvalue weighted by molar-refractivity contribution is 0.509. The molecule has 1 rings (SSSR count). The summed E-state index contributed by atoms with van der Waals surface area (Å²) in [6.07, 6.45) is 1.82. The van der Waals surface area contributed by atoms with Crippen molar-refractivity contribution in [2.45, 2.75) is 26.2 Å². The van der Waals surface area contributed by atoms with Crippen molar-refractivity contribution < 1.29 is 0 Å². The highest BCUT2D eigenvalue weighted by atomic mass is 15.2. The summed E-state index contributed by atoms with van der Waals surface area (Å²) in [5.41, 5.74) is 2.68. The minimum absolute atomic E-state index is 0.0534. The molecular formula is C16H25N3. The summed E-state index contributed by atoms with van der Waals surface area (Å²) in [4.78, 5) is 4.19. The second-order valence-electron chi connectivity index (χ2n) is 5.35. The van der Waals surface area contributed by atoms with Crippen LogP contribution in [-0.2, 0) is 5.41 Å². The van der Waals surface area contributed by atoms with E-state index in [0.29, 0.717) is 6.54 Å². The number of aryl methyl sites for hydroxylation is 1. The average Bonchev–Trinajstić information content (AvgIpc) is 2.39. The van der Waals surface area contributed by atoms with Crippen molar-refractivity contribution >= 4 is 5.96 Å². The van der Waals surface area contributed by atoms with Gasteiger partial charge in [-0.2, -0.15) is 0 Å². The Morgan fingerprint density at radius 2 is 2.11 bits per heavy atom. The smallest absolute Gasteiger partial charge is 0.191 e. The van der Waals surface area contributed by atoms with Crippen molar-refractivity contribution in [1.82, 2.24) is 10.6 Å². The van der Waals surface area contributed by atoms with E-state index in [1.54, 1.807) is 7.05 Å². The quantitative estimate of drug-likeness (QED) is 0.484. The number of benzene rings is 1. The molecule has 2 N–H and O–H groups in total. The van der Waals surface area contributed by atoms with Gasteiger partial charge in [0.2, 0.25) is 0 Å². The fraction of sp³-hybridized carbons (Fsp3) is 0.438. The lowest BCUT2D eigenvalue weighted by Gasteiger charge is -2.27. The van der Waals surface area contributed by atoms with Crippen LogP contribution in [0.15, 0.2) is 41.9 Å². The molecule has 0 unspecified atom stereocenters. The molecule has 1 aromatic carbocycles. The van der Waals surface area contributed by atoms with Gasteiger partial charge in [0.15, 0.2) is 5.96 Å². The van der Waals surface area contributed by atoms with Gasteiger partial charge in [0.25, 0.3) is 0 Å². The summed E-state index contributed by atoms with van der Waals surface area (Å²) in [5.74, 6) is 0.806. The summed E-state index contributed by atoms with van der Waals surface area (Å²) in [5, 5.41) is 6.53. The third-order valence-electron chi connectivity index (χ3n) is 3.13. The highest BCUT2D eigenvalue weighted by Gasteiger charge is 2.20. The molecule has 0 atom stereocenters. The fourth-order valence-corrected chi connectivity index (χ4v) is 1.86. The fourth-order valence-electron chi connectivity index (χ4n) is 1.86. The van der Waals surface area contributed by atoms with Crippen LogP contribution in [0.2, 0.25) is 0 Å². The van der Waals surface area contributed by atoms with E-state index in [1.807, 2.05) is 6.08 Å². The van der Waals surface area contributed by atoms with Gasteiger partial charge >= 0.3 is 0 Å². The van der Waals surface area contributed by atoms with E-state index in [9.17, 15) is 0 Å². The molecule has 0 aliphatic rings. The topological polar surface area (TPSA) is 36.4 Å². The lowest BCUT2D eigenvalue weighted by Crippen LogP contribution is -2.43. The number of hydrogen-bond acceptors (Lipinski definition) is 1. The highest BCUT2D eigenvalue weighted by molar-refractivity contribution is 5.79. The molecule has 1 aromatic rings. The molecule has 0 aromatic heterocycles. The maximum absolute atomic E-state index is 4.19. The third kappa shape index (κ3) is 4.78. The molecule has 0 amide bonds. The van der Waals surface area contributed by atoms with Crippen LogP contribution in [-0.4, -0.2) is 26.1 Å². The van der Waals surface area contributed by atoms with E-state index < -0.39 is 0 Å². The maximum atomic E-state index is 4.19. The Hall–Kier alpha value is -1.77. The zero-order valence-corrected chi connectivity index (χ0v) is 12.5. The van der Waals surface area contributed by atoms with Crippen LogP contribution in [0.5, 0.6) is 0 Å². The molecule has 3 nitrogen and oxygen atoms in total. The van der Waals surface area contributed by atoms with Gasteiger partial charge in [0.1, 0.15) is 0 Å². The summed E-state index contributed by atoms with van der Waals surface area (Å²) in [7, 11) is 1.78. The molecule has 0 heterocycles. The molecule has 19 heavy (non-hydrogen) atoms. The Morgan fingerprint density at radius 1 is 1.37 bits per heavy atom. The van der Waals surface area contributed by atoms with Crippen molar-refractivity contribution in [2.24, 2.45) is 4.99 Å². The maximum Gasteiger partial charge on any atom is 0.191 e. The predicted octanol–water partition coefficient (Wildman–Crippen LogP) is 2.62. The van der Waals surface area contributed by atoms with Gasteiger partial charge < -0.3 is 10.6 Å². The van der Waals surface area contributed by atoms with E-state index in [1.165, 1.54) is 11.1 Å². The molecule has 0 spiro atoms. The van der Waals surface area contributed by atoms with Crippen molar-refractivity contribution in [2.75, 3.05) is 20.1 Å². The van der Waals surface area contributed by atoms with Gasteiger partial charge in [-0.25, -0.2) is 0 Å². The molecule has 0 bridgehead atoms. The number of nitrogens with one attached hydrogen (secondary N) is 2. The number of rotatable bonds is 5. The first-order valence-electron chi connectivity index (χ1n) is 6.62. The molecule has 0 saturated heterocycles. The van der Waals surface area contributed by atoms with Crippen molar-refractivity contribution in [3.63, 3.8) is 0 Å². The van der Waals surface area contributed by atoms with Crippen molar-refractivity contribution in [3.05, 3.63) is 48.0 Å². The third-order valence-corrected chi connectivity index (χ3v) is 3.13. The van der Waals surface area contributed by atoms with E-state index in [2.05, 4.69) is 67.2 Å². The molecule has 0 fully saturated rings. The first-order chi connectivity index (χ1) is 8.99. The molecule has 3 heteroatoms. The molecule has 104 valence electrons. The van der Waals surface area contributed by atoms with Crippen LogP contribution in [0.4, 0.5) is 0 Å². The molecule has 0 aliphatic heterocycles. The van der Waals surface area contributed by atoms with Crippen LogP contribution in [0.25, 0.3) is 0 Å². The normalized spacial score (nSPS) is 12.1. The zero-order valence-electron chi connectivity index (χ0n) is 12.5. The largest absolute Gasteiger partial charge is 0.356 e. The number of aliphatic imine (C=N–C) groups is 1. The Bertz CT molecular complexity index is 447. The van der Waals surface area contributed by atoms with E-state index >= 15 is 0 Å². The monoisotopic (exact) mass is 259 g/mol. The Labute approximate surface area is 116 Å². The Kier molecular flexibility index (Phi) is 5.61. The van der Waals surface area contributed by atoms with Gasteiger partial charge in [-0.3, -0.25) is 4.99 Å². The minimum atomic E-state index is 0.0534. The van der Waals surface area contributed by atoms with Crippen molar-refractivity contribution in [1.29, 1.82) is 0 Å². The van der Waals surface area contributed by atoms with Crippen LogP contribution < -0.4 is 10.6 Å². The summed E-state index contributed by atoms with van der Waals surface area (Å²) < 4.78 is 0. The van der Waals surface area contributed by atoms with Crippen LogP contribution >= 0.6 is 0 Å². The van der Waals surface area contributed by atoms with E-state index in [0.717, 1.165) is 12.5 Å². The Balaban J connectivity index is 2.66. The first kappa shape index (κ1) is 15.3. The Morgan fingerprint density at radius 3 is 2.68 bits per heavy atom. The minimum Gasteiger partial charge on any atom is -0.356 e. The van der Waals surface area contributed by atoms with Crippen LogP contribution in [0.3, 0.4) is 0 Å². The van der Waals surface area contributed by atoms with E-state index in [-0.39, 0.29) is 5.41 Å². The lowest BCUT2D eigenvalue weighted by atomic mass is 9.84. The van der Waals surface area contributed by atoms with Crippen LogP contribution in [0.1, 0.15) is 25.0 Å². The van der Waals surface area contributed by atoms with Gasteiger partial charge in [-0.1, -0.05) is 49.8 Å². The van der Waals surface area contributed by atoms with Crippen molar-refractivity contribution in [3.8, 4) is 0 Å². The SMILES string of the molecule is C=CCNC(=NC)NCC(C)(C)c1cccc(C)c1. The number of guanidine groups is 1. The van der Waals surface area contributed by atoms with Gasteiger partial charge in [0.05, 0.1) is 0 Å². The number of nitrogens with zero attached hydrogens (tertiary/aromatic N) is 1. The van der Waals surface area contributed by atoms with Gasteiger partial charge in [0, 0.05) is 25.6 Å². The number of hydrogen-bond donors (Lipinski definition) is 2. The van der Waals surface area contributed by atoms with E-state index in [4.69, 9.17) is 0 Å². The molecule has 0 radical (unpaired) electrons. The first-order valence-corrected chi connectivity index (χ1v) is 6.62. The summed E-state index contributed by atoms with van der Waals surface area (Å²) in [6, 6.07) is 8.64. The van der Waals surface area contributed by atoms with Crippen LogP contribution in [0, 0.1) is 6.92 Å². The highest BCUT2D eigenvalue weighted by Crippen LogP contribution is 2.22. The van der Waals surface area contributed by atoms with Gasteiger partial charge in [-0.15, -0.1) is 6.58 Å². The van der Waals surface area contributed by atoms with Gasteiger partial charge in [-0.05, 0) is 12.5 Å². The molecular weight excluding hydrogens is 234 g/mol. The average molecular weight is 259 g/mol.